The maximum Gasteiger partial charge on any atom is 0.307 e. The van der Waals surface area contributed by atoms with Gasteiger partial charge in [-0.05, 0) is 26.7 Å². The van der Waals surface area contributed by atoms with Gasteiger partial charge in [-0.25, -0.2) is 0 Å². The van der Waals surface area contributed by atoms with Crippen molar-refractivity contribution in [3.63, 3.8) is 0 Å². The van der Waals surface area contributed by atoms with E-state index in [0.29, 0.717) is 19.4 Å². The molecule has 1 rings (SSSR count). The first-order chi connectivity index (χ1) is 8.18. The lowest BCUT2D eigenvalue weighted by Crippen LogP contribution is -2.54. The van der Waals surface area contributed by atoms with Crippen molar-refractivity contribution in [2.45, 2.75) is 32.2 Å². The van der Waals surface area contributed by atoms with Crippen LogP contribution in [0.15, 0.2) is 0 Å². The summed E-state index contributed by atoms with van der Waals surface area (Å²) in [6, 6.07) is 0. The molecule has 18 heavy (non-hydrogen) atoms. The van der Waals surface area contributed by atoms with Gasteiger partial charge < -0.3 is 10.2 Å². The lowest BCUT2D eigenvalue weighted by molar-refractivity contribution is -0.142. The third-order valence-electron chi connectivity index (χ3n) is 2.87. The minimum absolute atomic E-state index is 0.0217. The molecule has 1 saturated heterocycles. The lowest BCUT2D eigenvalue weighted by Gasteiger charge is -2.33. The molecule has 1 heterocycles. The lowest BCUT2D eigenvalue weighted by atomic mass is 10.0. The summed E-state index contributed by atoms with van der Waals surface area (Å²) in [7, 11) is -3.76. The zero-order valence-electron chi connectivity index (χ0n) is 10.6. The molecule has 1 atom stereocenters. The van der Waals surface area contributed by atoms with Crippen molar-refractivity contribution < 1.29 is 23.4 Å². The summed E-state index contributed by atoms with van der Waals surface area (Å²) in [6.45, 7) is 3.07. The molecule has 8 heteroatoms. The second kappa shape index (κ2) is 5.52. The van der Waals surface area contributed by atoms with Gasteiger partial charge in [0.25, 0.3) is 10.2 Å². The first-order valence-corrected chi connectivity index (χ1v) is 7.25. The van der Waals surface area contributed by atoms with E-state index in [1.54, 1.807) is 13.8 Å². The first kappa shape index (κ1) is 15.4. The van der Waals surface area contributed by atoms with Crippen molar-refractivity contribution >= 4 is 16.2 Å². The van der Waals surface area contributed by atoms with Gasteiger partial charge in [-0.1, -0.05) is 0 Å². The Bertz CT molecular complexity index is 406. The van der Waals surface area contributed by atoms with E-state index < -0.39 is 27.6 Å². The van der Waals surface area contributed by atoms with Gasteiger partial charge in [0.05, 0.1) is 18.1 Å². The number of carboxylic acids is 1. The Balaban J connectivity index is 2.76. The third kappa shape index (κ3) is 3.91. The molecule has 0 saturated carbocycles. The maximum atomic E-state index is 12.0. The normalized spacial score (nSPS) is 22.9. The van der Waals surface area contributed by atoms with Crippen molar-refractivity contribution in [2.75, 3.05) is 19.7 Å². The van der Waals surface area contributed by atoms with Crippen LogP contribution < -0.4 is 4.72 Å². The molecular formula is C10H20N2O5S. The van der Waals surface area contributed by atoms with Crippen LogP contribution >= 0.6 is 0 Å². The Kier molecular flexibility index (Phi) is 4.71. The molecule has 0 aliphatic carbocycles. The summed E-state index contributed by atoms with van der Waals surface area (Å²) in [5.74, 6) is -1.64. The van der Waals surface area contributed by atoms with Crippen molar-refractivity contribution in [2.24, 2.45) is 5.92 Å². The number of rotatable bonds is 5. The fourth-order valence-corrected chi connectivity index (χ4v) is 3.45. The number of aliphatic hydroxyl groups is 1. The van der Waals surface area contributed by atoms with Gasteiger partial charge >= 0.3 is 5.97 Å². The molecule has 0 aromatic carbocycles. The van der Waals surface area contributed by atoms with E-state index in [1.165, 1.54) is 0 Å². The minimum Gasteiger partial charge on any atom is -0.481 e. The van der Waals surface area contributed by atoms with E-state index in [-0.39, 0.29) is 13.2 Å². The van der Waals surface area contributed by atoms with Gasteiger partial charge in [0.15, 0.2) is 0 Å². The van der Waals surface area contributed by atoms with Crippen LogP contribution in [-0.2, 0) is 15.0 Å². The van der Waals surface area contributed by atoms with Gasteiger partial charge in [0.1, 0.15) is 0 Å². The highest BCUT2D eigenvalue weighted by atomic mass is 32.2. The van der Waals surface area contributed by atoms with Crippen LogP contribution in [0.3, 0.4) is 0 Å². The van der Waals surface area contributed by atoms with Crippen LogP contribution in [0.4, 0.5) is 0 Å². The number of nitrogens with zero attached hydrogens (tertiary/aromatic N) is 1. The second-order valence-electron chi connectivity index (χ2n) is 5.18. The predicted molar refractivity (Wildman–Crippen MR) is 65.2 cm³/mol. The van der Waals surface area contributed by atoms with Crippen molar-refractivity contribution in [3.8, 4) is 0 Å². The van der Waals surface area contributed by atoms with Crippen molar-refractivity contribution in [3.05, 3.63) is 0 Å². The van der Waals surface area contributed by atoms with E-state index in [1.807, 2.05) is 0 Å². The van der Waals surface area contributed by atoms with Gasteiger partial charge in [-0.3, -0.25) is 4.79 Å². The molecule has 0 spiro atoms. The fraction of sp³-hybridized carbons (Fsp3) is 0.900. The summed E-state index contributed by atoms with van der Waals surface area (Å²) >= 11 is 0. The number of aliphatic carboxylic acids is 1. The van der Waals surface area contributed by atoms with Crippen LogP contribution in [0.2, 0.25) is 0 Å². The summed E-state index contributed by atoms with van der Waals surface area (Å²) < 4.78 is 27.6. The molecule has 7 nitrogen and oxygen atoms in total. The standard InChI is InChI=1S/C10H20N2O5S/c1-10(2,7-13)11-18(16,17)12-5-3-4-8(6-12)9(14)15/h8,11,13H,3-7H2,1-2H3,(H,14,15). The SMILES string of the molecule is CC(C)(CO)NS(=O)(=O)N1CCCC(C(=O)O)C1. The van der Waals surface area contributed by atoms with Gasteiger partial charge in [-0.15, -0.1) is 0 Å². The Hall–Kier alpha value is -0.700. The maximum absolute atomic E-state index is 12.0. The van der Waals surface area contributed by atoms with Crippen LogP contribution in [0.25, 0.3) is 0 Å². The molecule has 0 aromatic heterocycles. The second-order valence-corrected chi connectivity index (χ2v) is 6.86. The summed E-state index contributed by atoms with van der Waals surface area (Å²) in [4.78, 5) is 10.9. The zero-order valence-corrected chi connectivity index (χ0v) is 11.4. The molecule has 1 fully saturated rings. The fourth-order valence-electron chi connectivity index (χ4n) is 1.81. The average molecular weight is 280 g/mol. The van der Waals surface area contributed by atoms with E-state index in [4.69, 9.17) is 10.2 Å². The molecule has 1 aliphatic rings. The molecule has 0 radical (unpaired) electrons. The third-order valence-corrected chi connectivity index (χ3v) is 4.70. The first-order valence-electron chi connectivity index (χ1n) is 5.81. The largest absolute Gasteiger partial charge is 0.481 e. The van der Waals surface area contributed by atoms with Gasteiger partial charge in [0.2, 0.25) is 0 Å². The Morgan fingerprint density at radius 3 is 2.61 bits per heavy atom. The van der Waals surface area contributed by atoms with Crippen LogP contribution in [0, 0.1) is 5.92 Å². The number of hydrogen-bond donors (Lipinski definition) is 3. The molecule has 1 unspecified atom stereocenters. The smallest absolute Gasteiger partial charge is 0.307 e. The molecule has 0 bridgehead atoms. The van der Waals surface area contributed by atoms with Crippen LogP contribution in [-0.4, -0.2) is 54.1 Å². The molecule has 0 amide bonds. The molecule has 106 valence electrons. The summed E-state index contributed by atoms with van der Waals surface area (Å²) in [5.41, 5.74) is -0.963. The number of nitrogens with one attached hydrogen (secondary N) is 1. The number of piperidine rings is 1. The topological polar surface area (TPSA) is 107 Å². The Morgan fingerprint density at radius 2 is 2.11 bits per heavy atom. The number of carboxylic acid groups (broad SMARTS) is 1. The molecule has 1 aliphatic heterocycles. The zero-order chi connectivity index (χ0) is 14.0. The summed E-state index contributed by atoms with van der Waals surface area (Å²) in [5, 5.41) is 18.0. The van der Waals surface area contributed by atoms with Crippen LogP contribution in [0.5, 0.6) is 0 Å². The van der Waals surface area contributed by atoms with Crippen molar-refractivity contribution in [1.29, 1.82) is 0 Å². The highest BCUT2D eigenvalue weighted by Crippen LogP contribution is 2.19. The quantitative estimate of drug-likeness (QED) is 0.622. The van der Waals surface area contributed by atoms with Gasteiger partial charge in [-0.2, -0.15) is 17.4 Å². The van der Waals surface area contributed by atoms with E-state index in [2.05, 4.69) is 4.72 Å². The van der Waals surface area contributed by atoms with Gasteiger partial charge in [0, 0.05) is 13.1 Å². The highest BCUT2D eigenvalue weighted by Gasteiger charge is 2.35. The molecule has 3 N–H and O–H groups in total. The number of hydrogen-bond acceptors (Lipinski definition) is 4. The van der Waals surface area contributed by atoms with E-state index in [9.17, 15) is 13.2 Å². The number of carbonyl (C=O) groups is 1. The number of aliphatic hydroxyl groups excluding tert-OH is 1. The predicted octanol–water partition coefficient (Wildman–Crippen LogP) is -0.612. The van der Waals surface area contributed by atoms with Crippen LogP contribution in [0.1, 0.15) is 26.7 Å². The Labute approximate surface area is 107 Å². The van der Waals surface area contributed by atoms with E-state index >= 15 is 0 Å². The monoisotopic (exact) mass is 280 g/mol. The highest BCUT2D eigenvalue weighted by molar-refractivity contribution is 7.87. The Morgan fingerprint density at radius 1 is 1.50 bits per heavy atom. The molecular weight excluding hydrogens is 260 g/mol. The molecule has 0 aromatic rings. The van der Waals surface area contributed by atoms with E-state index in [0.717, 1.165) is 4.31 Å². The minimum atomic E-state index is -3.76. The van der Waals surface area contributed by atoms with Crippen molar-refractivity contribution in [1.82, 2.24) is 9.03 Å². The average Bonchev–Trinajstić information content (AvgIpc) is 2.28. The summed E-state index contributed by atoms with van der Waals surface area (Å²) in [6.07, 6.45) is 1.02.